The molecule has 0 amide bonds. The first-order chi connectivity index (χ1) is 9.61. The van der Waals surface area contributed by atoms with Gasteiger partial charge < -0.3 is 14.8 Å². The molecule has 0 aliphatic rings. The lowest BCUT2D eigenvalue weighted by atomic mass is 10.1. The van der Waals surface area contributed by atoms with E-state index in [9.17, 15) is 14.7 Å². The van der Waals surface area contributed by atoms with Crippen molar-refractivity contribution < 1.29 is 19.4 Å². The molecule has 0 saturated heterocycles. The van der Waals surface area contributed by atoms with E-state index in [0.717, 1.165) is 0 Å². The van der Waals surface area contributed by atoms with Gasteiger partial charge in [-0.15, -0.1) is 0 Å². The topological polar surface area (TPSA) is 92.3 Å². The Hall–Kier alpha value is -2.08. The number of carbonyl (C=O) groups is 2. The van der Waals surface area contributed by atoms with Crippen LogP contribution in [0.5, 0.6) is 0 Å². The second-order valence-corrected chi connectivity index (χ2v) is 6.01. The van der Waals surface area contributed by atoms with Gasteiger partial charge in [-0.1, -0.05) is 11.6 Å². The molecule has 0 aromatic carbocycles. The summed E-state index contributed by atoms with van der Waals surface area (Å²) in [7, 11) is 0. The number of esters is 1. The van der Waals surface area contributed by atoms with E-state index in [-0.39, 0.29) is 16.4 Å². The maximum Gasteiger partial charge on any atom is 0.358 e. The highest BCUT2D eigenvalue weighted by molar-refractivity contribution is 6.35. The average Bonchev–Trinajstić information content (AvgIpc) is 2.69. The highest BCUT2D eigenvalue weighted by Gasteiger charge is 2.28. The molecule has 0 fully saturated rings. The Morgan fingerprint density at radius 3 is 2.52 bits per heavy atom. The minimum atomic E-state index is -1.26. The smallest absolute Gasteiger partial charge is 0.358 e. The molecule has 0 radical (unpaired) electrons. The fourth-order valence-electron chi connectivity index (χ4n) is 2.02. The number of hydrogen-bond acceptors (Lipinski definition) is 4. The third-order valence-corrected chi connectivity index (χ3v) is 3.06. The van der Waals surface area contributed by atoms with Crippen LogP contribution in [-0.4, -0.2) is 32.6 Å². The molecule has 6 nitrogen and oxygen atoms in total. The van der Waals surface area contributed by atoms with Crippen LogP contribution in [0.3, 0.4) is 0 Å². The summed E-state index contributed by atoms with van der Waals surface area (Å²) in [6.45, 7) is 6.79. The Balaban J connectivity index is 2.74. The highest BCUT2D eigenvalue weighted by Crippen LogP contribution is 2.30. The highest BCUT2D eigenvalue weighted by atomic mass is 35.5. The van der Waals surface area contributed by atoms with Crippen molar-refractivity contribution in [2.45, 2.75) is 33.3 Å². The molecular weight excluding hydrogens is 296 g/mol. The summed E-state index contributed by atoms with van der Waals surface area (Å²) in [5, 5.41) is 9.84. The van der Waals surface area contributed by atoms with Crippen molar-refractivity contribution in [1.82, 2.24) is 9.97 Å². The second kappa shape index (κ2) is 5.04. The molecule has 2 rings (SSSR count). The first-order valence-electron chi connectivity index (χ1n) is 6.25. The SMILES string of the molecule is Cc1c[nH]c2c(Cl)nc(C(=O)OC(C)(C)C)c(C(=O)O)c12. The molecule has 0 atom stereocenters. The Morgan fingerprint density at radius 1 is 1.38 bits per heavy atom. The van der Waals surface area contributed by atoms with E-state index < -0.39 is 17.5 Å². The molecule has 0 unspecified atom stereocenters. The van der Waals surface area contributed by atoms with E-state index in [4.69, 9.17) is 16.3 Å². The van der Waals surface area contributed by atoms with E-state index in [1.165, 1.54) is 0 Å². The van der Waals surface area contributed by atoms with Crippen molar-refractivity contribution in [3.63, 3.8) is 0 Å². The number of nitrogens with one attached hydrogen (secondary N) is 1. The van der Waals surface area contributed by atoms with Crippen LogP contribution in [-0.2, 0) is 4.74 Å². The number of carboxylic acids is 1. The fourth-order valence-corrected chi connectivity index (χ4v) is 2.25. The van der Waals surface area contributed by atoms with Crippen molar-refractivity contribution in [2.75, 3.05) is 0 Å². The first kappa shape index (κ1) is 15.3. The number of aromatic amines is 1. The van der Waals surface area contributed by atoms with Gasteiger partial charge >= 0.3 is 11.9 Å². The number of aromatic nitrogens is 2. The third-order valence-electron chi connectivity index (χ3n) is 2.79. The third kappa shape index (κ3) is 2.85. The van der Waals surface area contributed by atoms with Gasteiger partial charge in [-0.05, 0) is 33.3 Å². The summed E-state index contributed by atoms with van der Waals surface area (Å²) in [6, 6.07) is 0. The van der Waals surface area contributed by atoms with Gasteiger partial charge in [-0.25, -0.2) is 14.6 Å². The van der Waals surface area contributed by atoms with Gasteiger partial charge in [0.2, 0.25) is 0 Å². The number of hydrogen-bond donors (Lipinski definition) is 2. The standard InChI is InChI=1S/C14H15ClN2O4/c1-6-5-16-9-7(6)8(12(18)19)10(17-11(9)15)13(20)21-14(2,3)4/h5,16H,1-4H3,(H,18,19). The Bertz CT molecular complexity index is 743. The Morgan fingerprint density at radius 2 is 2.00 bits per heavy atom. The Kier molecular flexibility index (Phi) is 3.67. The molecule has 7 heteroatoms. The average molecular weight is 311 g/mol. The number of fused-ring (bicyclic) bond motifs is 1. The number of aryl methyl sites for hydroxylation is 1. The van der Waals surface area contributed by atoms with Crippen molar-refractivity contribution in [3.8, 4) is 0 Å². The number of H-pyrrole nitrogens is 1. The van der Waals surface area contributed by atoms with Crippen LogP contribution in [0.15, 0.2) is 6.20 Å². The van der Waals surface area contributed by atoms with Crippen LogP contribution in [0.4, 0.5) is 0 Å². The summed E-state index contributed by atoms with van der Waals surface area (Å²) in [4.78, 5) is 30.5. The number of carbonyl (C=O) groups excluding carboxylic acids is 1. The van der Waals surface area contributed by atoms with Gasteiger partial charge in [0.25, 0.3) is 0 Å². The van der Waals surface area contributed by atoms with Crippen LogP contribution in [0.25, 0.3) is 10.9 Å². The number of carboxylic acid groups (broad SMARTS) is 1. The van der Waals surface area contributed by atoms with E-state index in [2.05, 4.69) is 9.97 Å². The maximum absolute atomic E-state index is 12.2. The maximum atomic E-state index is 12.2. The van der Waals surface area contributed by atoms with Gasteiger partial charge in [-0.3, -0.25) is 0 Å². The zero-order chi connectivity index (χ0) is 15.9. The summed E-state index contributed by atoms with van der Waals surface area (Å²) >= 11 is 6.02. The molecule has 112 valence electrons. The predicted molar refractivity (Wildman–Crippen MR) is 78.0 cm³/mol. The van der Waals surface area contributed by atoms with Gasteiger partial charge in [-0.2, -0.15) is 0 Å². The second-order valence-electron chi connectivity index (χ2n) is 5.65. The number of ether oxygens (including phenoxy) is 1. The largest absolute Gasteiger partial charge is 0.478 e. The number of aromatic carboxylic acids is 1. The number of nitrogens with zero attached hydrogens (tertiary/aromatic N) is 1. The number of halogens is 1. The lowest BCUT2D eigenvalue weighted by Crippen LogP contribution is -2.26. The van der Waals surface area contributed by atoms with Gasteiger partial charge in [0.15, 0.2) is 10.8 Å². The molecule has 2 aromatic heterocycles. The van der Waals surface area contributed by atoms with Crippen molar-refractivity contribution >= 4 is 34.4 Å². The summed E-state index contributed by atoms with van der Waals surface area (Å²) in [5.41, 5.74) is -0.209. The molecule has 0 bridgehead atoms. The van der Waals surface area contributed by atoms with Gasteiger partial charge in [0, 0.05) is 11.6 Å². The van der Waals surface area contributed by atoms with Crippen LogP contribution in [0.2, 0.25) is 5.15 Å². The number of rotatable bonds is 2. The minimum absolute atomic E-state index is 0.0314. The minimum Gasteiger partial charge on any atom is -0.478 e. The first-order valence-corrected chi connectivity index (χ1v) is 6.63. The molecule has 0 saturated carbocycles. The van der Waals surface area contributed by atoms with E-state index >= 15 is 0 Å². The molecule has 2 N–H and O–H groups in total. The predicted octanol–water partition coefficient (Wildman–Crippen LogP) is 3.18. The van der Waals surface area contributed by atoms with Crippen molar-refractivity contribution in [3.05, 3.63) is 28.2 Å². The quantitative estimate of drug-likeness (QED) is 0.656. The number of pyridine rings is 1. The molecule has 2 heterocycles. The normalized spacial score (nSPS) is 11.7. The molecule has 0 spiro atoms. The lowest BCUT2D eigenvalue weighted by molar-refractivity contribution is 0.00593. The fraction of sp³-hybridized carbons (Fsp3) is 0.357. The van der Waals surface area contributed by atoms with Crippen molar-refractivity contribution in [1.29, 1.82) is 0 Å². The van der Waals surface area contributed by atoms with E-state index in [1.54, 1.807) is 33.9 Å². The van der Waals surface area contributed by atoms with Crippen LogP contribution < -0.4 is 0 Å². The summed E-state index contributed by atoms with van der Waals surface area (Å²) in [5.74, 6) is -2.07. The molecule has 2 aromatic rings. The van der Waals surface area contributed by atoms with Crippen LogP contribution in [0, 0.1) is 6.92 Å². The summed E-state index contributed by atoms with van der Waals surface area (Å²) < 4.78 is 5.20. The van der Waals surface area contributed by atoms with E-state index in [1.807, 2.05) is 0 Å². The monoisotopic (exact) mass is 310 g/mol. The van der Waals surface area contributed by atoms with Crippen molar-refractivity contribution in [2.24, 2.45) is 0 Å². The zero-order valence-electron chi connectivity index (χ0n) is 12.1. The molecule has 0 aliphatic heterocycles. The van der Waals surface area contributed by atoms with Crippen LogP contribution in [0.1, 0.15) is 47.2 Å². The Labute approximate surface area is 126 Å². The molecular formula is C14H15ClN2O4. The van der Waals surface area contributed by atoms with E-state index in [0.29, 0.717) is 16.5 Å². The van der Waals surface area contributed by atoms with Gasteiger partial charge in [0.05, 0.1) is 5.52 Å². The molecule has 21 heavy (non-hydrogen) atoms. The van der Waals surface area contributed by atoms with Crippen LogP contribution >= 0.6 is 11.6 Å². The summed E-state index contributed by atoms with van der Waals surface area (Å²) in [6.07, 6.45) is 1.61. The zero-order valence-corrected chi connectivity index (χ0v) is 12.8. The molecule has 0 aliphatic carbocycles. The van der Waals surface area contributed by atoms with Gasteiger partial charge in [0.1, 0.15) is 11.2 Å². The lowest BCUT2D eigenvalue weighted by Gasteiger charge is -2.20.